The molecule has 6 nitrogen and oxygen atoms in total. The summed E-state index contributed by atoms with van der Waals surface area (Å²) >= 11 is 0.911. The first kappa shape index (κ1) is 21.4. The van der Waals surface area contributed by atoms with Gasteiger partial charge in [-0.25, -0.2) is 0 Å². The van der Waals surface area contributed by atoms with Gasteiger partial charge in [-0.05, 0) is 54.1 Å². The van der Waals surface area contributed by atoms with Crippen molar-refractivity contribution in [2.75, 3.05) is 20.2 Å². The molecular formula is C23H22N2O4S. The summed E-state index contributed by atoms with van der Waals surface area (Å²) in [4.78, 5) is 38.2. The SMILES string of the molecule is COc1cccc(C=CC(=O)NCCN2C(=O)SC(=Cc3ccc(C)cc3)C2=O)c1. The van der Waals surface area contributed by atoms with Crippen LogP contribution in [0, 0.1) is 6.92 Å². The lowest BCUT2D eigenvalue weighted by atomic mass is 10.1. The van der Waals surface area contributed by atoms with Crippen LogP contribution in [0.5, 0.6) is 5.75 Å². The second-order valence-corrected chi connectivity index (χ2v) is 7.64. The van der Waals surface area contributed by atoms with Crippen LogP contribution in [0.2, 0.25) is 0 Å². The van der Waals surface area contributed by atoms with E-state index in [9.17, 15) is 14.4 Å². The monoisotopic (exact) mass is 422 g/mol. The van der Waals surface area contributed by atoms with Gasteiger partial charge in [0.15, 0.2) is 0 Å². The largest absolute Gasteiger partial charge is 0.497 e. The van der Waals surface area contributed by atoms with Crippen molar-refractivity contribution in [2.24, 2.45) is 0 Å². The van der Waals surface area contributed by atoms with Crippen molar-refractivity contribution in [1.29, 1.82) is 0 Å². The number of nitrogens with one attached hydrogen (secondary N) is 1. The van der Waals surface area contributed by atoms with Crippen LogP contribution in [0.4, 0.5) is 4.79 Å². The zero-order chi connectivity index (χ0) is 21.5. The third kappa shape index (κ3) is 5.61. The molecule has 0 atom stereocenters. The molecule has 0 aromatic heterocycles. The number of carbonyl (C=O) groups excluding carboxylic acids is 3. The number of carbonyl (C=O) groups is 3. The Labute approximate surface area is 179 Å². The minimum absolute atomic E-state index is 0.120. The van der Waals surface area contributed by atoms with Gasteiger partial charge in [-0.1, -0.05) is 42.0 Å². The number of aryl methyl sites for hydroxylation is 1. The van der Waals surface area contributed by atoms with Gasteiger partial charge in [0.2, 0.25) is 5.91 Å². The van der Waals surface area contributed by atoms with E-state index in [1.807, 2.05) is 55.5 Å². The third-order valence-electron chi connectivity index (χ3n) is 4.40. The molecule has 0 unspecified atom stereocenters. The van der Waals surface area contributed by atoms with Gasteiger partial charge in [0.1, 0.15) is 5.75 Å². The summed E-state index contributed by atoms with van der Waals surface area (Å²) < 4.78 is 5.14. The molecule has 0 spiro atoms. The molecule has 30 heavy (non-hydrogen) atoms. The molecule has 1 saturated heterocycles. The molecule has 0 saturated carbocycles. The van der Waals surface area contributed by atoms with Crippen molar-refractivity contribution >= 4 is 41.0 Å². The lowest BCUT2D eigenvalue weighted by molar-refractivity contribution is -0.123. The van der Waals surface area contributed by atoms with Crippen molar-refractivity contribution in [2.45, 2.75) is 6.92 Å². The lowest BCUT2D eigenvalue weighted by Crippen LogP contribution is -2.36. The molecule has 0 bridgehead atoms. The number of rotatable bonds is 7. The van der Waals surface area contributed by atoms with E-state index in [0.717, 1.165) is 33.4 Å². The first-order chi connectivity index (χ1) is 14.5. The Bertz CT molecular complexity index is 1010. The van der Waals surface area contributed by atoms with E-state index in [4.69, 9.17) is 4.74 Å². The summed E-state index contributed by atoms with van der Waals surface area (Å²) in [5.41, 5.74) is 2.82. The Hall–Kier alpha value is -3.32. The summed E-state index contributed by atoms with van der Waals surface area (Å²) in [7, 11) is 1.58. The van der Waals surface area contributed by atoms with Crippen LogP contribution < -0.4 is 10.1 Å². The molecular weight excluding hydrogens is 400 g/mol. The number of hydrogen-bond donors (Lipinski definition) is 1. The number of ether oxygens (including phenoxy) is 1. The van der Waals surface area contributed by atoms with Crippen molar-refractivity contribution in [3.63, 3.8) is 0 Å². The van der Waals surface area contributed by atoms with E-state index in [0.29, 0.717) is 10.7 Å². The predicted octanol–water partition coefficient (Wildman–Crippen LogP) is 3.87. The number of amides is 3. The fourth-order valence-corrected chi connectivity index (χ4v) is 3.64. The van der Waals surface area contributed by atoms with E-state index in [-0.39, 0.29) is 30.1 Å². The molecule has 1 aliphatic rings. The maximum absolute atomic E-state index is 12.5. The Balaban J connectivity index is 1.52. The molecule has 3 rings (SSSR count). The normalized spacial score (nSPS) is 15.3. The van der Waals surface area contributed by atoms with Gasteiger partial charge in [-0.15, -0.1) is 0 Å². The minimum atomic E-state index is -0.341. The summed E-state index contributed by atoms with van der Waals surface area (Å²) in [6, 6.07) is 15.0. The fraction of sp³-hybridized carbons (Fsp3) is 0.174. The minimum Gasteiger partial charge on any atom is -0.497 e. The maximum atomic E-state index is 12.5. The van der Waals surface area contributed by atoms with Crippen molar-refractivity contribution in [3.05, 3.63) is 76.2 Å². The van der Waals surface area contributed by atoms with E-state index in [2.05, 4.69) is 5.32 Å². The zero-order valence-electron chi connectivity index (χ0n) is 16.8. The highest BCUT2D eigenvalue weighted by Gasteiger charge is 2.34. The van der Waals surface area contributed by atoms with Crippen LogP contribution in [-0.2, 0) is 9.59 Å². The summed E-state index contributed by atoms with van der Waals surface area (Å²) in [5.74, 6) is 0.0577. The van der Waals surface area contributed by atoms with Crippen LogP contribution in [0.1, 0.15) is 16.7 Å². The summed E-state index contributed by atoms with van der Waals surface area (Å²) in [6.45, 7) is 2.28. The number of imide groups is 1. The van der Waals surface area contributed by atoms with Crippen LogP contribution in [0.3, 0.4) is 0 Å². The van der Waals surface area contributed by atoms with Crippen LogP contribution in [0.15, 0.2) is 59.5 Å². The zero-order valence-corrected chi connectivity index (χ0v) is 17.6. The molecule has 0 aliphatic carbocycles. The second kappa shape index (κ2) is 9.93. The average Bonchev–Trinajstić information content (AvgIpc) is 3.01. The highest BCUT2D eigenvalue weighted by molar-refractivity contribution is 8.18. The average molecular weight is 423 g/mol. The van der Waals surface area contributed by atoms with Crippen LogP contribution in [0.25, 0.3) is 12.2 Å². The van der Waals surface area contributed by atoms with Gasteiger partial charge in [0.25, 0.3) is 11.1 Å². The number of hydrogen-bond acceptors (Lipinski definition) is 5. The Morgan fingerprint density at radius 1 is 1.13 bits per heavy atom. The lowest BCUT2D eigenvalue weighted by Gasteiger charge is -2.12. The van der Waals surface area contributed by atoms with E-state index < -0.39 is 0 Å². The van der Waals surface area contributed by atoms with Crippen molar-refractivity contribution < 1.29 is 19.1 Å². The van der Waals surface area contributed by atoms with Gasteiger partial charge < -0.3 is 10.1 Å². The first-order valence-electron chi connectivity index (χ1n) is 9.38. The summed E-state index contributed by atoms with van der Waals surface area (Å²) in [5, 5.41) is 2.35. The van der Waals surface area contributed by atoms with Gasteiger partial charge >= 0.3 is 0 Å². The summed E-state index contributed by atoms with van der Waals surface area (Å²) in [6.07, 6.45) is 4.78. The molecule has 154 valence electrons. The topological polar surface area (TPSA) is 75.7 Å². The standard InChI is InChI=1S/C23H22N2O4S/c1-16-6-8-18(9-7-16)15-20-22(27)25(23(28)30-20)13-12-24-21(26)11-10-17-4-3-5-19(14-17)29-2/h3-11,14-15H,12-13H2,1-2H3,(H,24,26). The fourth-order valence-electron chi connectivity index (χ4n) is 2.77. The highest BCUT2D eigenvalue weighted by Crippen LogP contribution is 2.31. The number of nitrogens with zero attached hydrogens (tertiary/aromatic N) is 1. The molecule has 1 aliphatic heterocycles. The quantitative estimate of drug-likeness (QED) is 0.686. The molecule has 2 aromatic rings. The number of methoxy groups -OCH3 is 1. The van der Waals surface area contributed by atoms with Crippen LogP contribution in [-0.4, -0.2) is 42.2 Å². The highest BCUT2D eigenvalue weighted by atomic mass is 32.2. The molecule has 0 radical (unpaired) electrons. The number of benzene rings is 2. The van der Waals surface area contributed by atoms with Gasteiger partial charge in [-0.2, -0.15) is 0 Å². The Kier molecular flexibility index (Phi) is 7.08. The van der Waals surface area contributed by atoms with Crippen molar-refractivity contribution in [1.82, 2.24) is 10.2 Å². The number of thioether (sulfide) groups is 1. The Morgan fingerprint density at radius 2 is 1.90 bits per heavy atom. The molecule has 2 aromatic carbocycles. The predicted molar refractivity (Wildman–Crippen MR) is 119 cm³/mol. The first-order valence-corrected chi connectivity index (χ1v) is 10.2. The second-order valence-electron chi connectivity index (χ2n) is 6.65. The van der Waals surface area contributed by atoms with Gasteiger partial charge in [-0.3, -0.25) is 19.3 Å². The van der Waals surface area contributed by atoms with E-state index in [1.54, 1.807) is 19.3 Å². The molecule has 3 amide bonds. The molecule has 1 fully saturated rings. The Morgan fingerprint density at radius 3 is 2.63 bits per heavy atom. The van der Waals surface area contributed by atoms with Crippen LogP contribution >= 0.6 is 11.8 Å². The van der Waals surface area contributed by atoms with E-state index >= 15 is 0 Å². The maximum Gasteiger partial charge on any atom is 0.293 e. The molecule has 1 heterocycles. The van der Waals surface area contributed by atoms with Gasteiger partial charge in [0.05, 0.1) is 12.0 Å². The van der Waals surface area contributed by atoms with Crippen molar-refractivity contribution in [3.8, 4) is 5.75 Å². The third-order valence-corrected chi connectivity index (χ3v) is 5.31. The smallest absolute Gasteiger partial charge is 0.293 e. The molecule has 1 N–H and O–H groups in total. The molecule has 7 heteroatoms. The van der Waals surface area contributed by atoms with Gasteiger partial charge in [0, 0.05) is 19.2 Å². The van der Waals surface area contributed by atoms with E-state index in [1.165, 1.54) is 6.08 Å².